The predicted octanol–water partition coefficient (Wildman–Crippen LogP) is 6.54. The Labute approximate surface area is 115 Å². The molecule has 0 spiro atoms. The highest BCUT2D eigenvalue weighted by atomic mass is 33.7. The number of hydrogen-bond donors (Lipinski definition) is 0. The highest BCUT2D eigenvalue weighted by molar-refractivity contribution is 9.26. The summed E-state index contributed by atoms with van der Waals surface area (Å²) in [6.07, 6.45) is 0. The van der Waals surface area contributed by atoms with Crippen molar-refractivity contribution in [2.24, 2.45) is 10.8 Å². The SMILES string of the molecule is CC(C)(C)C1=C/SSSS/C=C\1C(C)(C)C. The van der Waals surface area contributed by atoms with Gasteiger partial charge >= 0.3 is 0 Å². The third-order valence-electron chi connectivity index (χ3n) is 2.34. The van der Waals surface area contributed by atoms with Crippen molar-refractivity contribution in [2.45, 2.75) is 41.5 Å². The van der Waals surface area contributed by atoms with E-state index in [1.807, 2.05) is 41.2 Å². The van der Waals surface area contributed by atoms with Crippen molar-refractivity contribution in [3.8, 4) is 0 Å². The van der Waals surface area contributed by atoms with Gasteiger partial charge in [0, 0.05) is 0 Å². The maximum atomic E-state index is 2.33. The first-order valence-corrected chi connectivity index (χ1v) is 10.2. The fraction of sp³-hybridized carbons (Fsp3) is 0.667. The standard InChI is InChI=1S/C12H20S4/c1-11(2,3)9-7-13-15-16-14-8-10(9)12(4,5)6/h7-8H,1-6H3/b9-7+,10-8+. The number of rotatable bonds is 0. The van der Waals surface area contributed by atoms with Gasteiger partial charge in [0.25, 0.3) is 0 Å². The molecule has 1 aliphatic heterocycles. The molecule has 0 amide bonds. The molecule has 4 heteroatoms. The quantitative estimate of drug-likeness (QED) is 0.465. The molecule has 0 saturated heterocycles. The summed E-state index contributed by atoms with van der Waals surface area (Å²) in [6.45, 7) is 13.8. The summed E-state index contributed by atoms with van der Waals surface area (Å²) in [5.41, 5.74) is 3.39. The summed E-state index contributed by atoms with van der Waals surface area (Å²) >= 11 is 0. The highest BCUT2D eigenvalue weighted by Crippen LogP contribution is 2.52. The van der Waals surface area contributed by atoms with Gasteiger partial charge in [-0.25, -0.2) is 0 Å². The van der Waals surface area contributed by atoms with E-state index in [9.17, 15) is 0 Å². The van der Waals surface area contributed by atoms with E-state index in [0.717, 1.165) is 0 Å². The van der Waals surface area contributed by atoms with Crippen molar-refractivity contribution in [3.63, 3.8) is 0 Å². The molecule has 16 heavy (non-hydrogen) atoms. The van der Waals surface area contributed by atoms with Crippen molar-refractivity contribution in [2.75, 3.05) is 0 Å². The van der Waals surface area contributed by atoms with Crippen molar-refractivity contribution in [1.82, 2.24) is 0 Å². The zero-order chi connectivity index (χ0) is 12.4. The van der Waals surface area contributed by atoms with Crippen LogP contribution in [-0.2, 0) is 0 Å². The topological polar surface area (TPSA) is 0 Å². The molecule has 0 bridgehead atoms. The third-order valence-corrected chi connectivity index (χ3v) is 7.85. The van der Waals surface area contributed by atoms with E-state index in [-0.39, 0.29) is 10.8 Å². The van der Waals surface area contributed by atoms with Gasteiger partial charge in [0.15, 0.2) is 0 Å². The molecule has 1 rings (SSSR count). The van der Waals surface area contributed by atoms with Gasteiger partial charge in [-0.3, -0.25) is 0 Å². The van der Waals surface area contributed by atoms with Crippen LogP contribution in [0.15, 0.2) is 22.0 Å². The van der Waals surface area contributed by atoms with Gasteiger partial charge < -0.3 is 0 Å². The first-order valence-electron chi connectivity index (χ1n) is 5.30. The van der Waals surface area contributed by atoms with Gasteiger partial charge in [-0.15, -0.1) is 0 Å². The van der Waals surface area contributed by atoms with Crippen LogP contribution in [0.1, 0.15) is 41.5 Å². The second-order valence-electron chi connectivity index (χ2n) is 5.89. The second kappa shape index (κ2) is 5.68. The van der Waals surface area contributed by atoms with Gasteiger partial charge in [-0.05, 0) is 52.4 Å². The molecular weight excluding hydrogens is 272 g/mol. The predicted molar refractivity (Wildman–Crippen MR) is 85.4 cm³/mol. The van der Waals surface area contributed by atoms with Gasteiger partial charge in [0.1, 0.15) is 0 Å². The van der Waals surface area contributed by atoms with E-state index >= 15 is 0 Å². The molecule has 0 aliphatic carbocycles. The molecule has 0 aromatic heterocycles. The van der Waals surface area contributed by atoms with E-state index in [4.69, 9.17) is 0 Å². The van der Waals surface area contributed by atoms with Crippen LogP contribution < -0.4 is 0 Å². The molecule has 0 N–H and O–H groups in total. The van der Waals surface area contributed by atoms with Crippen LogP contribution in [0.4, 0.5) is 0 Å². The molecule has 0 nitrogen and oxygen atoms in total. The van der Waals surface area contributed by atoms with Crippen molar-refractivity contribution < 1.29 is 0 Å². The highest BCUT2D eigenvalue weighted by Gasteiger charge is 2.28. The summed E-state index contributed by atoms with van der Waals surface area (Å²) in [5.74, 6) is 0. The lowest BCUT2D eigenvalue weighted by Gasteiger charge is -2.33. The zero-order valence-corrected chi connectivity index (χ0v) is 14.1. The molecule has 1 heterocycles. The zero-order valence-electron chi connectivity index (χ0n) is 10.8. The largest absolute Gasteiger partial charge is 0.0560 e. The van der Waals surface area contributed by atoms with E-state index < -0.39 is 0 Å². The Morgan fingerprint density at radius 3 is 1.25 bits per heavy atom. The molecule has 0 saturated carbocycles. The Hall–Kier alpha value is 0.880. The van der Waals surface area contributed by atoms with Crippen molar-refractivity contribution in [3.05, 3.63) is 22.0 Å². The Bertz CT molecular complexity index is 270. The first-order chi connectivity index (χ1) is 7.23. The summed E-state index contributed by atoms with van der Waals surface area (Å²) in [4.78, 5) is 0. The first kappa shape index (κ1) is 14.9. The fourth-order valence-electron chi connectivity index (χ4n) is 1.46. The molecule has 0 radical (unpaired) electrons. The molecule has 1 aliphatic rings. The number of hydrogen-bond acceptors (Lipinski definition) is 4. The summed E-state index contributed by atoms with van der Waals surface area (Å²) in [6, 6.07) is 0. The van der Waals surface area contributed by atoms with E-state index in [2.05, 4.69) is 52.4 Å². The maximum Gasteiger partial charge on any atom is -0.00840 e. The normalized spacial score (nSPS) is 26.1. The Morgan fingerprint density at radius 2 is 1.00 bits per heavy atom. The van der Waals surface area contributed by atoms with Crippen LogP contribution >= 0.6 is 41.2 Å². The molecular formula is C12H20S4. The van der Waals surface area contributed by atoms with Crippen LogP contribution in [0.3, 0.4) is 0 Å². The molecule has 0 unspecified atom stereocenters. The minimum atomic E-state index is 0.217. The smallest absolute Gasteiger partial charge is 0.00840 e. The molecule has 0 fully saturated rings. The number of allylic oxidation sites excluding steroid dienone is 2. The molecule has 0 aromatic carbocycles. The van der Waals surface area contributed by atoms with Crippen LogP contribution in [-0.4, -0.2) is 0 Å². The Morgan fingerprint density at radius 1 is 0.688 bits per heavy atom. The summed E-state index contributed by atoms with van der Waals surface area (Å²) in [5, 5.41) is 4.66. The average Bonchev–Trinajstić information content (AvgIpc) is 1.96. The van der Waals surface area contributed by atoms with Crippen molar-refractivity contribution >= 4 is 41.2 Å². The van der Waals surface area contributed by atoms with Crippen molar-refractivity contribution in [1.29, 1.82) is 0 Å². The van der Waals surface area contributed by atoms with Gasteiger partial charge in [-0.1, -0.05) is 63.1 Å². The lowest BCUT2D eigenvalue weighted by Crippen LogP contribution is -2.20. The molecule has 0 aromatic rings. The van der Waals surface area contributed by atoms with Crippen LogP contribution in [0, 0.1) is 10.8 Å². The lowest BCUT2D eigenvalue weighted by atomic mass is 9.74. The summed E-state index contributed by atoms with van der Waals surface area (Å²) < 4.78 is 0. The Kier molecular flexibility index (Phi) is 5.30. The fourth-order valence-corrected chi connectivity index (χ4v) is 6.77. The van der Waals surface area contributed by atoms with Crippen LogP contribution in [0.25, 0.3) is 0 Å². The minimum absolute atomic E-state index is 0.217. The monoisotopic (exact) mass is 292 g/mol. The molecule has 92 valence electrons. The van der Waals surface area contributed by atoms with E-state index in [1.54, 1.807) is 0 Å². The third kappa shape index (κ3) is 4.28. The van der Waals surface area contributed by atoms with Gasteiger partial charge in [-0.2, -0.15) is 0 Å². The van der Waals surface area contributed by atoms with Crippen LogP contribution in [0.5, 0.6) is 0 Å². The van der Waals surface area contributed by atoms with Gasteiger partial charge in [0.2, 0.25) is 0 Å². The average molecular weight is 293 g/mol. The molecule has 0 atom stereocenters. The van der Waals surface area contributed by atoms with Gasteiger partial charge in [0.05, 0.1) is 0 Å². The maximum absolute atomic E-state index is 2.33. The van der Waals surface area contributed by atoms with E-state index in [0.29, 0.717) is 0 Å². The van der Waals surface area contributed by atoms with E-state index in [1.165, 1.54) is 11.1 Å². The Balaban J connectivity index is 3.15. The summed E-state index contributed by atoms with van der Waals surface area (Å²) in [7, 11) is 7.35. The second-order valence-corrected chi connectivity index (χ2v) is 11.4. The van der Waals surface area contributed by atoms with Crippen LogP contribution in [0.2, 0.25) is 0 Å². The minimum Gasteiger partial charge on any atom is -0.0560 e. The lowest BCUT2D eigenvalue weighted by molar-refractivity contribution is 0.448.